The fraction of sp³-hybridized carbons (Fsp3) is 0.429. The van der Waals surface area contributed by atoms with Gasteiger partial charge in [-0.1, -0.05) is 31.5 Å². The highest BCUT2D eigenvalue weighted by atomic mass is 16.3. The molecule has 1 atom stereocenters. The van der Waals surface area contributed by atoms with Crippen LogP contribution in [0.4, 0.5) is 0 Å². The molecule has 0 radical (unpaired) electrons. The molecular weight excluding hydrogens is 240 g/mol. The highest BCUT2D eigenvalue weighted by Gasteiger charge is 2.04. The molecule has 0 aliphatic heterocycles. The number of aromatic nitrogens is 3. The van der Waals surface area contributed by atoms with E-state index in [-0.39, 0.29) is 6.10 Å². The van der Waals surface area contributed by atoms with Gasteiger partial charge in [0.1, 0.15) is 0 Å². The summed E-state index contributed by atoms with van der Waals surface area (Å²) in [6.07, 6.45) is 3.28. The number of hydrogen-bond donors (Lipinski definition) is 2. The minimum absolute atomic E-state index is 0.283. The van der Waals surface area contributed by atoms with Crippen molar-refractivity contribution in [2.24, 2.45) is 0 Å². The molecule has 1 aromatic carbocycles. The summed E-state index contributed by atoms with van der Waals surface area (Å²) >= 11 is 0. The standard InChI is InChI=1S/C14H20N4O/c1-2-6-14(19)11-15-9-12-10-16-18(17-12)13-7-4-3-5-8-13/h3-5,7-8,10,14-15,19H,2,6,9,11H2,1H3. The number of hydrogen-bond acceptors (Lipinski definition) is 4. The van der Waals surface area contributed by atoms with Crippen LogP contribution < -0.4 is 5.32 Å². The van der Waals surface area contributed by atoms with Crippen molar-refractivity contribution in [1.29, 1.82) is 0 Å². The fourth-order valence-electron chi connectivity index (χ4n) is 1.86. The lowest BCUT2D eigenvalue weighted by molar-refractivity contribution is 0.160. The number of nitrogens with zero attached hydrogens (tertiary/aromatic N) is 3. The molecule has 1 unspecified atom stereocenters. The van der Waals surface area contributed by atoms with Crippen LogP contribution in [0.15, 0.2) is 36.5 Å². The van der Waals surface area contributed by atoms with Gasteiger partial charge in [0.2, 0.25) is 0 Å². The zero-order valence-electron chi connectivity index (χ0n) is 11.2. The van der Waals surface area contributed by atoms with Crippen molar-refractivity contribution in [3.8, 4) is 5.69 Å². The third-order valence-electron chi connectivity index (χ3n) is 2.83. The van der Waals surface area contributed by atoms with Gasteiger partial charge in [0, 0.05) is 13.1 Å². The molecule has 0 amide bonds. The summed E-state index contributed by atoms with van der Waals surface area (Å²) in [5.74, 6) is 0. The van der Waals surface area contributed by atoms with Crippen molar-refractivity contribution < 1.29 is 5.11 Å². The molecule has 2 N–H and O–H groups in total. The predicted molar refractivity (Wildman–Crippen MR) is 74.0 cm³/mol. The maximum Gasteiger partial charge on any atom is 0.0969 e. The second kappa shape index (κ2) is 7.01. The Morgan fingerprint density at radius 2 is 2.11 bits per heavy atom. The Morgan fingerprint density at radius 1 is 1.32 bits per heavy atom. The summed E-state index contributed by atoms with van der Waals surface area (Å²) in [7, 11) is 0. The Bertz CT molecular complexity index is 483. The monoisotopic (exact) mass is 260 g/mol. The quantitative estimate of drug-likeness (QED) is 0.792. The molecule has 0 aliphatic carbocycles. The van der Waals surface area contributed by atoms with E-state index in [9.17, 15) is 5.11 Å². The van der Waals surface area contributed by atoms with Crippen LogP contribution in [-0.2, 0) is 6.54 Å². The molecule has 1 aromatic heterocycles. The van der Waals surface area contributed by atoms with Crippen LogP contribution in [0.25, 0.3) is 5.69 Å². The maximum atomic E-state index is 9.61. The van der Waals surface area contributed by atoms with Crippen molar-refractivity contribution in [2.75, 3.05) is 6.54 Å². The summed E-state index contributed by atoms with van der Waals surface area (Å²) in [5.41, 5.74) is 1.81. The Morgan fingerprint density at radius 3 is 2.84 bits per heavy atom. The molecular formula is C14H20N4O. The zero-order valence-corrected chi connectivity index (χ0v) is 11.2. The van der Waals surface area contributed by atoms with Crippen molar-refractivity contribution >= 4 is 0 Å². The molecule has 5 heteroatoms. The lowest BCUT2D eigenvalue weighted by Gasteiger charge is -2.09. The Kier molecular flexibility index (Phi) is 5.06. The number of rotatable bonds is 7. The van der Waals surface area contributed by atoms with Gasteiger partial charge in [0.25, 0.3) is 0 Å². The van der Waals surface area contributed by atoms with E-state index in [4.69, 9.17) is 0 Å². The van der Waals surface area contributed by atoms with Gasteiger partial charge in [-0.25, -0.2) is 0 Å². The molecule has 0 fully saturated rings. The summed E-state index contributed by atoms with van der Waals surface area (Å²) in [6, 6.07) is 9.80. The largest absolute Gasteiger partial charge is 0.392 e. The molecule has 5 nitrogen and oxygen atoms in total. The average Bonchev–Trinajstić information content (AvgIpc) is 2.89. The van der Waals surface area contributed by atoms with Crippen molar-refractivity contribution in [1.82, 2.24) is 20.3 Å². The highest BCUT2D eigenvalue weighted by molar-refractivity contribution is 5.28. The SMILES string of the molecule is CCCC(O)CNCc1cnn(-c2ccccc2)n1. The summed E-state index contributed by atoms with van der Waals surface area (Å²) < 4.78 is 0. The van der Waals surface area contributed by atoms with Crippen LogP contribution in [0, 0.1) is 0 Å². The number of benzene rings is 1. The van der Waals surface area contributed by atoms with Crippen LogP contribution in [0.5, 0.6) is 0 Å². The van der Waals surface area contributed by atoms with Gasteiger partial charge in [-0.15, -0.1) is 0 Å². The van der Waals surface area contributed by atoms with Crippen molar-refractivity contribution in [3.05, 3.63) is 42.2 Å². The first-order valence-electron chi connectivity index (χ1n) is 6.65. The van der Waals surface area contributed by atoms with E-state index in [1.54, 1.807) is 11.0 Å². The third kappa shape index (κ3) is 4.15. The Hall–Kier alpha value is -1.72. The second-order valence-corrected chi connectivity index (χ2v) is 4.53. The molecule has 0 spiro atoms. The molecule has 2 aromatic rings. The molecule has 102 valence electrons. The van der Waals surface area contributed by atoms with Gasteiger partial charge in [0.15, 0.2) is 0 Å². The van der Waals surface area contributed by atoms with Gasteiger partial charge in [-0.3, -0.25) is 0 Å². The molecule has 2 rings (SSSR count). The summed E-state index contributed by atoms with van der Waals surface area (Å²) in [4.78, 5) is 1.61. The predicted octanol–water partition coefficient (Wildman–Crippen LogP) is 1.52. The van der Waals surface area contributed by atoms with E-state index < -0.39 is 0 Å². The van der Waals surface area contributed by atoms with Gasteiger partial charge in [0.05, 0.1) is 23.7 Å². The van der Waals surface area contributed by atoms with Crippen LogP contribution >= 0.6 is 0 Å². The van der Waals surface area contributed by atoms with E-state index in [2.05, 4.69) is 22.4 Å². The van der Waals surface area contributed by atoms with Crippen molar-refractivity contribution in [2.45, 2.75) is 32.4 Å². The van der Waals surface area contributed by atoms with E-state index in [1.165, 1.54) is 0 Å². The van der Waals surface area contributed by atoms with Gasteiger partial charge in [-0.05, 0) is 18.6 Å². The van der Waals surface area contributed by atoms with Crippen LogP contribution in [0.2, 0.25) is 0 Å². The number of nitrogens with one attached hydrogen (secondary N) is 1. The molecule has 0 saturated carbocycles. The minimum Gasteiger partial charge on any atom is -0.392 e. The van der Waals surface area contributed by atoms with E-state index in [1.807, 2.05) is 30.3 Å². The van der Waals surface area contributed by atoms with Crippen molar-refractivity contribution in [3.63, 3.8) is 0 Å². The lowest BCUT2D eigenvalue weighted by atomic mass is 10.2. The van der Waals surface area contributed by atoms with Gasteiger partial charge >= 0.3 is 0 Å². The molecule has 0 bridgehead atoms. The van der Waals surface area contributed by atoms with Crippen LogP contribution in [0.3, 0.4) is 0 Å². The number of aliphatic hydroxyl groups is 1. The van der Waals surface area contributed by atoms with Gasteiger partial charge < -0.3 is 10.4 Å². The van der Waals surface area contributed by atoms with Crippen LogP contribution in [0.1, 0.15) is 25.5 Å². The second-order valence-electron chi connectivity index (χ2n) is 4.53. The maximum absolute atomic E-state index is 9.61. The lowest BCUT2D eigenvalue weighted by Crippen LogP contribution is -2.26. The summed E-state index contributed by atoms with van der Waals surface area (Å²) in [6.45, 7) is 3.27. The smallest absolute Gasteiger partial charge is 0.0969 e. The Balaban J connectivity index is 1.85. The first kappa shape index (κ1) is 13.7. The van der Waals surface area contributed by atoms with Crippen LogP contribution in [-0.4, -0.2) is 32.7 Å². The first-order chi connectivity index (χ1) is 9.29. The van der Waals surface area contributed by atoms with Gasteiger partial charge in [-0.2, -0.15) is 15.0 Å². The fourth-order valence-corrected chi connectivity index (χ4v) is 1.86. The first-order valence-corrected chi connectivity index (χ1v) is 6.65. The number of aliphatic hydroxyl groups excluding tert-OH is 1. The number of para-hydroxylation sites is 1. The normalized spacial score (nSPS) is 12.5. The minimum atomic E-state index is -0.283. The Labute approximate surface area is 113 Å². The molecule has 1 heterocycles. The third-order valence-corrected chi connectivity index (χ3v) is 2.83. The van der Waals surface area contributed by atoms with E-state index in [0.29, 0.717) is 13.1 Å². The van der Waals surface area contributed by atoms with E-state index in [0.717, 1.165) is 24.2 Å². The average molecular weight is 260 g/mol. The highest BCUT2D eigenvalue weighted by Crippen LogP contribution is 2.04. The van der Waals surface area contributed by atoms with E-state index >= 15 is 0 Å². The summed E-state index contributed by atoms with van der Waals surface area (Å²) in [5, 5.41) is 21.4. The molecule has 0 saturated heterocycles. The zero-order chi connectivity index (χ0) is 13.5. The molecule has 0 aliphatic rings. The topological polar surface area (TPSA) is 63.0 Å². The molecule has 19 heavy (non-hydrogen) atoms.